The number of aryl methyl sites for hydroxylation is 1. The lowest BCUT2D eigenvalue weighted by Gasteiger charge is -2.15. The molecule has 0 aliphatic heterocycles. The molecule has 1 aliphatic rings. The van der Waals surface area contributed by atoms with Crippen molar-refractivity contribution >= 4 is 63.1 Å². The summed E-state index contributed by atoms with van der Waals surface area (Å²) in [5.41, 5.74) is 2.63. The number of carbonyl (C=O) groups excluding carboxylic acids is 1. The summed E-state index contributed by atoms with van der Waals surface area (Å²) in [6.07, 6.45) is 5.22. The van der Waals surface area contributed by atoms with Crippen LogP contribution in [-0.4, -0.2) is 12.5 Å². The van der Waals surface area contributed by atoms with Crippen LogP contribution >= 0.6 is 46.1 Å². The van der Waals surface area contributed by atoms with E-state index in [4.69, 9.17) is 44.3 Å². The van der Waals surface area contributed by atoms with Gasteiger partial charge in [-0.1, -0.05) is 40.9 Å². The molecule has 2 aromatic carbocycles. The standard InChI is InChI=1S/C28H22Cl3N3O3S/c1-2-36-24-12-17(11-23(31)26(24)37-15-16-7-8-21(29)22(30)10-16)9-18(13-32)27(35)34-28-20(14-33)19-5-3-4-6-25(19)38-28/h7-12H,2-6,15H2,1H3,(H,34,35)/b18-9+. The topological polar surface area (TPSA) is 95.1 Å². The van der Waals surface area contributed by atoms with Crippen molar-refractivity contribution in [3.8, 4) is 23.6 Å². The third kappa shape index (κ3) is 6.26. The minimum absolute atomic E-state index is 0.136. The predicted octanol–water partition coefficient (Wildman–Crippen LogP) is 7.98. The first kappa shape index (κ1) is 27.8. The number of carbonyl (C=O) groups is 1. The van der Waals surface area contributed by atoms with Crippen molar-refractivity contribution in [3.05, 3.63) is 78.1 Å². The molecule has 1 heterocycles. The first-order chi connectivity index (χ1) is 18.3. The number of benzene rings is 2. The monoisotopic (exact) mass is 585 g/mol. The summed E-state index contributed by atoms with van der Waals surface area (Å²) in [6, 6.07) is 12.6. The van der Waals surface area contributed by atoms with Gasteiger partial charge in [-0.2, -0.15) is 10.5 Å². The van der Waals surface area contributed by atoms with Gasteiger partial charge in [-0.25, -0.2) is 0 Å². The molecule has 0 radical (unpaired) electrons. The molecule has 0 bridgehead atoms. The van der Waals surface area contributed by atoms with E-state index in [1.165, 1.54) is 17.4 Å². The van der Waals surface area contributed by atoms with E-state index >= 15 is 0 Å². The van der Waals surface area contributed by atoms with E-state index < -0.39 is 5.91 Å². The van der Waals surface area contributed by atoms with Crippen molar-refractivity contribution in [2.75, 3.05) is 11.9 Å². The Morgan fingerprint density at radius 2 is 1.87 bits per heavy atom. The van der Waals surface area contributed by atoms with Crippen LogP contribution in [0.1, 0.15) is 46.9 Å². The molecule has 0 atom stereocenters. The van der Waals surface area contributed by atoms with Gasteiger partial charge < -0.3 is 14.8 Å². The van der Waals surface area contributed by atoms with Crippen LogP contribution < -0.4 is 14.8 Å². The molecule has 0 saturated heterocycles. The van der Waals surface area contributed by atoms with Gasteiger partial charge in [0.2, 0.25) is 0 Å². The molecule has 0 unspecified atom stereocenters. The van der Waals surface area contributed by atoms with Gasteiger partial charge in [0, 0.05) is 4.88 Å². The van der Waals surface area contributed by atoms with Gasteiger partial charge in [0.25, 0.3) is 5.91 Å². The number of hydrogen-bond donors (Lipinski definition) is 1. The zero-order valence-electron chi connectivity index (χ0n) is 20.4. The highest BCUT2D eigenvalue weighted by molar-refractivity contribution is 7.16. The summed E-state index contributed by atoms with van der Waals surface area (Å²) in [4.78, 5) is 14.1. The summed E-state index contributed by atoms with van der Waals surface area (Å²) in [5.74, 6) is 0.0841. The predicted molar refractivity (Wildman–Crippen MR) is 151 cm³/mol. The molecule has 1 aliphatic carbocycles. The zero-order chi connectivity index (χ0) is 27.2. The van der Waals surface area contributed by atoms with Crippen LogP contribution in [-0.2, 0) is 24.2 Å². The van der Waals surface area contributed by atoms with Crippen molar-refractivity contribution in [1.29, 1.82) is 10.5 Å². The average Bonchev–Trinajstić information content (AvgIpc) is 3.25. The molecule has 3 aromatic rings. The molecule has 194 valence electrons. The third-order valence-electron chi connectivity index (χ3n) is 5.89. The number of amides is 1. The molecular formula is C28H22Cl3N3O3S. The van der Waals surface area contributed by atoms with Crippen LogP contribution in [0.15, 0.2) is 35.9 Å². The maximum absolute atomic E-state index is 13.0. The molecule has 1 aromatic heterocycles. The maximum Gasteiger partial charge on any atom is 0.266 e. The Labute approximate surface area is 240 Å². The fourth-order valence-corrected chi connectivity index (χ4v) is 5.95. The van der Waals surface area contributed by atoms with Gasteiger partial charge >= 0.3 is 0 Å². The van der Waals surface area contributed by atoms with E-state index in [2.05, 4.69) is 11.4 Å². The summed E-state index contributed by atoms with van der Waals surface area (Å²) in [5, 5.41) is 23.7. The van der Waals surface area contributed by atoms with E-state index in [-0.39, 0.29) is 17.2 Å². The minimum atomic E-state index is -0.600. The summed E-state index contributed by atoms with van der Waals surface area (Å²) in [6.45, 7) is 2.34. The van der Waals surface area contributed by atoms with Gasteiger partial charge in [0.1, 0.15) is 29.3 Å². The molecule has 1 N–H and O–H groups in total. The van der Waals surface area contributed by atoms with Crippen LogP contribution in [0, 0.1) is 22.7 Å². The van der Waals surface area contributed by atoms with E-state index in [9.17, 15) is 15.3 Å². The van der Waals surface area contributed by atoms with Crippen molar-refractivity contribution in [1.82, 2.24) is 0 Å². The van der Waals surface area contributed by atoms with Crippen LogP contribution in [0.4, 0.5) is 5.00 Å². The van der Waals surface area contributed by atoms with E-state index in [1.54, 1.807) is 30.3 Å². The van der Waals surface area contributed by atoms with E-state index in [0.717, 1.165) is 41.7 Å². The third-order valence-corrected chi connectivity index (χ3v) is 8.11. The Bertz CT molecular complexity index is 1500. The number of hydrogen-bond acceptors (Lipinski definition) is 6. The number of nitrogens with one attached hydrogen (secondary N) is 1. The van der Waals surface area contributed by atoms with Crippen LogP contribution in [0.25, 0.3) is 6.08 Å². The highest BCUT2D eigenvalue weighted by atomic mass is 35.5. The normalized spacial score (nSPS) is 12.7. The fraction of sp³-hybridized carbons (Fsp3) is 0.250. The van der Waals surface area contributed by atoms with Gasteiger partial charge in [-0.3, -0.25) is 4.79 Å². The highest BCUT2D eigenvalue weighted by Gasteiger charge is 2.23. The number of rotatable bonds is 8. The number of fused-ring (bicyclic) bond motifs is 1. The van der Waals surface area contributed by atoms with Crippen LogP contribution in [0.3, 0.4) is 0 Å². The lowest BCUT2D eigenvalue weighted by molar-refractivity contribution is -0.112. The Balaban J connectivity index is 1.57. The Morgan fingerprint density at radius 1 is 1.08 bits per heavy atom. The minimum Gasteiger partial charge on any atom is -0.490 e. The van der Waals surface area contributed by atoms with Crippen molar-refractivity contribution < 1.29 is 14.3 Å². The molecule has 0 fully saturated rings. The molecule has 4 rings (SSSR count). The Morgan fingerprint density at radius 3 is 2.58 bits per heavy atom. The molecule has 38 heavy (non-hydrogen) atoms. The van der Waals surface area contributed by atoms with E-state index in [0.29, 0.717) is 44.3 Å². The number of nitrogens with zero attached hydrogens (tertiary/aromatic N) is 2. The smallest absolute Gasteiger partial charge is 0.266 e. The molecule has 10 heteroatoms. The van der Waals surface area contributed by atoms with Gasteiger partial charge in [0.05, 0.1) is 27.2 Å². The van der Waals surface area contributed by atoms with Gasteiger partial charge in [-0.05, 0) is 79.6 Å². The quantitative estimate of drug-likeness (QED) is 0.213. The summed E-state index contributed by atoms with van der Waals surface area (Å²) >= 11 is 20.0. The molecular weight excluding hydrogens is 565 g/mol. The second-order valence-corrected chi connectivity index (χ2v) is 10.8. The van der Waals surface area contributed by atoms with Crippen LogP contribution in [0.2, 0.25) is 15.1 Å². The SMILES string of the molecule is CCOc1cc(/C=C(\C#N)C(=O)Nc2sc3c(c2C#N)CCCC3)cc(Cl)c1OCc1ccc(Cl)c(Cl)c1. The first-order valence-electron chi connectivity index (χ1n) is 11.8. The molecule has 0 saturated carbocycles. The maximum atomic E-state index is 13.0. The van der Waals surface area contributed by atoms with E-state index in [1.807, 2.05) is 13.0 Å². The lowest BCUT2D eigenvalue weighted by atomic mass is 9.96. The van der Waals surface area contributed by atoms with Crippen molar-refractivity contribution in [3.63, 3.8) is 0 Å². The number of thiophene rings is 1. The largest absolute Gasteiger partial charge is 0.490 e. The number of anilines is 1. The average molecular weight is 587 g/mol. The molecule has 1 amide bonds. The Kier molecular flexibility index (Phi) is 9.20. The molecule has 0 spiro atoms. The highest BCUT2D eigenvalue weighted by Crippen LogP contribution is 2.39. The van der Waals surface area contributed by atoms with Crippen molar-refractivity contribution in [2.45, 2.75) is 39.2 Å². The number of nitriles is 2. The molecule has 6 nitrogen and oxygen atoms in total. The van der Waals surface area contributed by atoms with Gasteiger partial charge in [0.15, 0.2) is 11.5 Å². The summed E-state index contributed by atoms with van der Waals surface area (Å²) < 4.78 is 11.7. The second kappa shape index (κ2) is 12.6. The lowest BCUT2D eigenvalue weighted by Crippen LogP contribution is -2.13. The summed E-state index contributed by atoms with van der Waals surface area (Å²) in [7, 11) is 0. The van der Waals surface area contributed by atoms with Crippen molar-refractivity contribution in [2.24, 2.45) is 0 Å². The first-order valence-corrected chi connectivity index (χ1v) is 13.8. The number of halogens is 3. The zero-order valence-corrected chi connectivity index (χ0v) is 23.5. The van der Waals surface area contributed by atoms with Gasteiger partial charge in [-0.15, -0.1) is 11.3 Å². The number of ether oxygens (including phenoxy) is 2. The second-order valence-electron chi connectivity index (χ2n) is 8.45. The Hall–Kier alpha value is -3.20. The van der Waals surface area contributed by atoms with Crippen LogP contribution in [0.5, 0.6) is 11.5 Å². The fourth-order valence-electron chi connectivity index (χ4n) is 4.12.